The van der Waals surface area contributed by atoms with Crippen LogP contribution in [0.3, 0.4) is 0 Å². The highest BCUT2D eigenvalue weighted by atomic mass is 79.9. The summed E-state index contributed by atoms with van der Waals surface area (Å²) in [6.07, 6.45) is 0.977. The third-order valence-electron chi connectivity index (χ3n) is 4.17. The van der Waals surface area contributed by atoms with Crippen LogP contribution < -0.4 is 10.1 Å². The standard InChI is InChI=1S/C22H21BrFNO/c1-2-17-7-3-4-9-21(17)25-14-18-13-19(23)10-11-22(18)26-15-16-6-5-8-20(24)12-16/h3-13,25H,2,14-15H2,1H3. The lowest BCUT2D eigenvalue weighted by atomic mass is 10.1. The highest BCUT2D eigenvalue weighted by Crippen LogP contribution is 2.26. The zero-order chi connectivity index (χ0) is 18.4. The zero-order valence-electron chi connectivity index (χ0n) is 14.6. The Hall–Kier alpha value is -2.33. The quantitative estimate of drug-likeness (QED) is 0.487. The van der Waals surface area contributed by atoms with Crippen molar-refractivity contribution in [2.24, 2.45) is 0 Å². The third-order valence-corrected chi connectivity index (χ3v) is 4.67. The SMILES string of the molecule is CCc1ccccc1NCc1cc(Br)ccc1OCc1cccc(F)c1. The largest absolute Gasteiger partial charge is 0.489 e. The lowest BCUT2D eigenvalue weighted by Crippen LogP contribution is -2.05. The van der Waals surface area contributed by atoms with Gasteiger partial charge < -0.3 is 10.1 Å². The number of benzene rings is 3. The highest BCUT2D eigenvalue weighted by molar-refractivity contribution is 9.10. The molecular weight excluding hydrogens is 393 g/mol. The van der Waals surface area contributed by atoms with Gasteiger partial charge in [-0.25, -0.2) is 4.39 Å². The second-order valence-electron chi connectivity index (χ2n) is 6.03. The first-order valence-electron chi connectivity index (χ1n) is 8.63. The van der Waals surface area contributed by atoms with Gasteiger partial charge in [-0.2, -0.15) is 0 Å². The fourth-order valence-electron chi connectivity index (χ4n) is 2.81. The van der Waals surface area contributed by atoms with Crippen molar-refractivity contribution < 1.29 is 9.13 Å². The van der Waals surface area contributed by atoms with E-state index in [1.54, 1.807) is 6.07 Å². The number of aryl methyl sites for hydroxylation is 1. The van der Waals surface area contributed by atoms with E-state index in [9.17, 15) is 4.39 Å². The van der Waals surface area contributed by atoms with Crippen molar-refractivity contribution in [1.82, 2.24) is 0 Å². The minimum atomic E-state index is -0.250. The second-order valence-corrected chi connectivity index (χ2v) is 6.95. The Morgan fingerprint density at radius 3 is 2.62 bits per heavy atom. The predicted octanol–water partition coefficient (Wildman–Crippen LogP) is 6.34. The maximum atomic E-state index is 13.3. The van der Waals surface area contributed by atoms with Crippen molar-refractivity contribution in [3.05, 3.63) is 93.7 Å². The minimum Gasteiger partial charge on any atom is -0.489 e. The Bertz CT molecular complexity index is 882. The number of nitrogens with one attached hydrogen (secondary N) is 1. The summed E-state index contributed by atoms with van der Waals surface area (Å²) in [5.41, 5.74) is 4.26. The van der Waals surface area contributed by atoms with Crippen LogP contribution in [0, 0.1) is 5.82 Å². The highest BCUT2D eigenvalue weighted by Gasteiger charge is 2.07. The van der Waals surface area contributed by atoms with Crippen molar-refractivity contribution in [2.75, 3.05) is 5.32 Å². The molecule has 26 heavy (non-hydrogen) atoms. The molecule has 0 radical (unpaired) electrons. The second kappa shape index (κ2) is 8.86. The van der Waals surface area contributed by atoms with Crippen LogP contribution in [-0.4, -0.2) is 0 Å². The molecule has 0 aliphatic heterocycles. The van der Waals surface area contributed by atoms with Crippen LogP contribution in [0.5, 0.6) is 5.75 Å². The molecule has 134 valence electrons. The molecule has 0 aliphatic carbocycles. The van der Waals surface area contributed by atoms with Crippen LogP contribution in [0.25, 0.3) is 0 Å². The lowest BCUT2D eigenvalue weighted by Gasteiger charge is -2.15. The molecule has 3 aromatic carbocycles. The summed E-state index contributed by atoms with van der Waals surface area (Å²) in [6.45, 7) is 3.13. The normalized spacial score (nSPS) is 10.6. The van der Waals surface area contributed by atoms with Crippen LogP contribution in [0.4, 0.5) is 10.1 Å². The molecule has 2 nitrogen and oxygen atoms in total. The van der Waals surface area contributed by atoms with Gasteiger partial charge in [0.05, 0.1) is 0 Å². The van der Waals surface area contributed by atoms with E-state index in [2.05, 4.69) is 46.4 Å². The average molecular weight is 414 g/mol. The summed E-state index contributed by atoms with van der Waals surface area (Å²) in [4.78, 5) is 0. The molecule has 0 atom stereocenters. The first-order valence-corrected chi connectivity index (χ1v) is 9.42. The number of anilines is 1. The van der Waals surface area contributed by atoms with Gasteiger partial charge >= 0.3 is 0 Å². The van der Waals surface area contributed by atoms with E-state index < -0.39 is 0 Å². The van der Waals surface area contributed by atoms with Crippen molar-refractivity contribution in [3.8, 4) is 5.75 Å². The maximum Gasteiger partial charge on any atom is 0.124 e. The molecule has 0 amide bonds. The molecule has 0 saturated carbocycles. The van der Waals surface area contributed by atoms with E-state index in [-0.39, 0.29) is 5.82 Å². The summed E-state index contributed by atoms with van der Waals surface area (Å²) in [7, 11) is 0. The van der Waals surface area contributed by atoms with Gasteiger partial charge in [0.1, 0.15) is 18.2 Å². The first-order chi connectivity index (χ1) is 12.7. The van der Waals surface area contributed by atoms with E-state index in [0.717, 1.165) is 33.5 Å². The predicted molar refractivity (Wildman–Crippen MR) is 108 cm³/mol. The minimum absolute atomic E-state index is 0.250. The molecular formula is C22H21BrFNO. The van der Waals surface area contributed by atoms with Gasteiger partial charge in [0, 0.05) is 22.3 Å². The maximum absolute atomic E-state index is 13.3. The zero-order valence-corrected chi connectivity index (χ0v) is 16.2. The molecule has 1 N–H and O–H groups in total. The molecule has 0 saturated heterocycles. The Morgan fingerprint density at radius 2 is 1.81 bits per heavy atom. The topological polar surface area (TPSA) is 21.3 Å². The number of halogens is 2. The molecule has 0 heterocycles. The molecule has 0 unspecified atom stereocenters. The van der Waals surface area contributed by atoms with Gasteiger partial charge in [-0.05, 0) is 53.9 Å². The molecule has 0 fully saturated rings. The monoisotopic (exact) mass is 413 g/mol. The smallest absolute Gasteiger partial charge is 0.124 e. The van der Waals surface area contributed by atoms with E-state index in [1.807, 2.05) is 30.3 Å². The average Bonchev–Trinajstić information content (AvgIpc) is 2.66. The summed E-state index contributed by atoms with van der Waals surface area (Å²) in [6, 6.07) is 20.7. The van der Waals surface area contributed by atoms with Crippen molar-refractivity contribution >= 4 is 21.6 Å². The summed E-state index contributed by atoms with van der Waals surface area (Å²) in [5.74, 6) is 0.541. The van der Waals surface area contributed by atoms with Gasteiger partial charge in [0.25, 0.3) is 0 Å². The molecule has 0 aromatic heterocycles. The molecule has 4 heteroatoms. The fraction of sp³-hybridized carbons (Fsp3) is 0.182. The Labute approximate surface area is 162 Å². The van der Waals surface area contributed by atoms with Crippen molar-refractivity contribution in [2.45, 2.75) is 26.5 Å². The Balaban J connectivity index is 1.73. The molecule has 3 rings (SSSR count). The summed E-state index contributed by atoms with van der Waals surface area (Å²) >= 11 is 3.52. The molecule has 0 aliphatic rings. The summed E-state index contributed by atoms with van der Waals surface area (Å²) in [5, 5.41) is 3.49. The number of rotatable bonds is 7. The Kier molecular flexibility index (Phi) is 6.29. The van der Waals surface area contributed by atoms with Crippen LogP contribution in [0.2, 0.25) is 0 Å². The number of hydrogen-bond donors (Lipinski definition) is 1. The van der Waals surface area contributed by atoms with Gasteiger partial charge in [0.15, 0.2) is 0 Å². The van der Waals surface area contributed by atoms with E-state index in [4.69, 9.17) is 4.74 Å². The van der Waals surface area contributed by atoms with Crippen LogP contribution in [0.15, 0.2) is 71.2 Å². The molecule has 3 aromatic rings. The first kappa shape index (κ1) is 18.5. The third kappa shape index (κ3) is 4.85. The Morgan fingerprint density at radius 1 is 0.962 bits per heavy atom. The number of ether oxygens (including phenoxy) is 1. The summed E-state index contributed by atoms with van der Waals surface area (Å²) < 4.78 is 20.3. The fourth-order valence-corrected chi connectivity index (χ4v) is 3.21. The van der Waals surface area contributed by atoms with Gasteiger partial charge in [-0.1, -0.05) is 53.2 Å². The lowest BCUT2D eigenvalue weighted by molar-refractivity contribution is 0.302. The van der Waals surface area contributed by atoms with Crippen LogP contribution >= 0.6 is 15.9 Å². The van der Waals surface area contributed by atoms with E-state index in [1.165, 1.54) is 17.7 Å². The van der Waals surface area contributed by atoms with E-state index >= 15 is 0 Å². The van der Waals surface area contributed by atoms with Crippen LogP contribution in [-0.2, 0) is 19.6 Å². The van der Waals surface area contributed by atoms with E-state index in [0.29, 0.717) is 13.2 Å². The van der Waals surface area contributed by atoms with Crippen molar-refractivity contribution in [3.63, 3.8) is 0 Å². The molecule has 0 bridgehead atoms. The number of hydrogen-bond acceptors (Lipinski definition) is 2. The van der Waals surface area contributed by atoms with Crippen molar-refractivity contribution in [1.29, 1.82) is 0 Å². The molecule has 0 spiro atoms. The van der Waals surface area contributed by atoms with Gasteiger partial charge in [-0.3, -0.25) is 0 Å². The van der Waals surface area contributed by atoms with Gasteiger partial charge in [0.2, 0.25) is 0 Å². The van der Waals surface area contributed by atoms with Gasteiger partial charge in [-0.15, -0.1) is 0 Å². The van der Waals surface area contributed by atoms with Crippen LogP contribution in [0.1, 0.15) is 23.6 Å². The number of para-hydroxylation sites is 1.